The Balaban J connectivity index is -0.00000000450. The first-order valence-electron chi connectivity index (χ1n) is 0.565. The number of hydrogen-bond acceptors (Lipinski definition) is 3. The maximum atomic E-state index is 8.36. The molecule has 0 atom stereocenters. The van der Waals surface area contributed by atoms with Crippen molar-refractivity contribution < 1.29 is 15.8 Å². The van der Waals surface area contributed by atoms with E-state index in [4.69, 9.17) is 15.3 Å². The van der Waals surface area contributed by atoms with Crippen LogP contribution in [0, 0.1) is 10.1 Å². The van der Waals surface area contributed by atoms with Gasteiger partial charge < -0.3 is 16.8 Å². The summed E-state index contributed by atoms with van der Waals surface area (Å²) in [6.45, 7) is 0. The third-order valence-electron chi connectivity index (χ3n) is 0. The first-order valence-corrected chi connectivity index (χ1v) is 0.565. The van der Waals surface area contributed by atoms with E-state index in [0.717, 1.165) is 0 Å². The Morgan fingerprint density at radius 3 is 1.44 bits per heavy atom. The third kappa shape index (κ3) is 253. The summed E-state index contributed by atoms with van der Waals surface area (Å²) in [6, 6.07) is 0. The predicted octanol–water partition coefficient (Wildman–Crippen LogP) is -1.35. The van der Waals surface area contributed by atoms with Crippen molar-refractivity contribution in [2.45, 2.75) is 0 Å². The Bertz CT molecular complexity index is 41.5. The molecule has 0 unspecified atom stereocenters. The molecule has 0 aliphatic rings. The van der Waals surface area contributed by atoms with Crippen LogP contribution >= 0.6 is 12.4 Å². The zero-order valence-electron chi connectivity index (χ0n) is 4.74. The smallest absolute Gasteiger partial charge is 0.412 e. The van der Waals surface area contributed by atoms with Crippen LogP contribution in [0.25, 0.3) is 0 Å². The van der Waals surface area contributed by atoms with Crippen LogP contribution in [0.2, 0.25) is 0 Å². The van der Waals surface area contributed by atoms with Gasteiger partial charge in [-0.3, -0.25) is 0 Å². The molecule has 9 heavy (non-hydrogen) atoms. The topological polar surface area (TPSA) is 130 Å². The molecule has 48 valence electrons. The molecule has 0 aromatic rings. The van der Waals surface area contributed by atoms with Crippen LogP contribution in [-0.4, -0.2) is 76.6 Å². The number of rotatable bonds is 0. The average Bonchev–Trinajstić information content (AvgIpc) is 0.811. The maximum Gasteiger partial charge on any atom is 2.00 e. The van der Waals surface area contributed by atoms with E-state index >= 15 is 0 Å². The summed E-state index contributed by atoms with van der Waals surface area (Å²) < 4.78 is 0. The van der Waals surface area contributed by atoms with E-state index in [1.54, 1.807) is 0 Å². The van der Waals surface area contributed by atoms with Gasteiger partial charge in [-0.2, -0.15) is 0 Å². The minimum absolute atomic E-state index is 0. The van der Waals surface area contributed by atoms with E-state index in [0.29, 0.717) is 0 Å². The Kier molecular flexibility index (Phi) is 179. The molecule has 0 aliphatic carbocycles. The second-order valence-corrected chi connectivity index (χ2v) is 0.238. The molecule has 0 amide bonds. The second-order valence-electron chi connectivity index (χ2n) is 0.238. The summed E-state index contributed by atoms with van der Waals surface area (Å²) >= 11 is 0. The van der Waals surface area contributed by atoms with E-state index in [1.165, 1.54) is 0 Å². The van der Waals surface area contributed by atoms with Gasteiger partial charge in [0.2, 0.25) is 0 Å². The summed E-state index contributed by atoms with van der Waals surface area (Å²) in [6.07, 6.45) is 0. The minimum atomic E-state index is -1.50. The van der Waals surface area contributed by atoms with Crippen LogP contribution in [0.1, 0.15) is 0 Å². The molecule has 0 spiro atoms. The van der Waals surface area contributed by atoms with Crippen molar-refractivity contribution >= 4 is 73.2 Å². The quantitative estimate of drug-likeness (QED) is 0.283. The monoisotopic (exact) mass is 198 g/mol. The first-order chi connectivity index (χ1) is 1.73. The van der Waals surface area contributed by atoms with Gasteiger partial charge in [0.25, 0.3) is 5.09 Å². The van der Waals surface area contributed by atoms with E-state index in [9.17, 15) is 0 Å². The predicted molar refractivity (Wildman–Crippen MR) is 36.2 cm³/mol. The van der Waals surface area contributed by atoms with Crippen molar-refractivity contribution in [1.29, 1.82) is 0 Å². The fraction of sp³-hybridized carbons (Fsp3) is 0. The van der Waals surface area contributed by atoms with Gasteiger partial charge in [-0.15, -0.1) is 22.5 Å². The zero-order valence-corrected chi connectivity index (χ0v) is 9.18. The third-order valence-corrected chi connectivity index (χ3v) is 0. The van der Waals surface area contributed by atoms with E-state index in [2.05, 4.69) is 0 Å². The fourth-order valence-corrected chi connectivity index (χ4v) is 0. The number of halogens is 1. The van der Waals surface area contributed by atoms with Crippen LogP contribution in [0.4, 0.5) is 0 Å². The van der Waals surface area contributed by atoms with Gasteiger partial charge in [0.15, 0.2) is 0 Å². The summed E-state index contributed by atoms with van der Waals surface area (Å²) in [5.74, 6) is 0. The zero-order chi connectivity index (χ0) is 3.58. The minimum Gasteiger partial charge on any atom is -0.412 e. The molecule has 9 heteroatoms. The van der Waals surface area contributed by atoms with Crippen LogP contribution in [0.5, 0.6) is 0 Å². The van der Waals surface area contributed by atoms with Crippen molar-refractivity contribution in [3.05, 3.63) is 10.1 Å². The standard InChI is InChI=1S/Ca.ClH.Mg.HNO3.H3N.H2O/c;;;2-1(3)4;;/h;1H;;(H,2,3,4);1H3;1H2/q+2;;+2;;;. The molecule has 0 bridgehead atoms. The molecule has 0 radical (unpaired) electrons. The van der Waals surface area contributed by atoms with Gasteiger partial charge in [0, 0.05) is 0 Å². The van der Waals surface area contributed by atoms with Crippen molar-refractivity contribution in [1.82, 2.24) is 6.15 Å². The summed E-state index contributed by atoms with van der Waals surface area (Å²) in [7, 11) is 0. The molecule has 6 N–H and O–H groups in total. The molecule has 0 fully saturated rings. The molecule has 0 saturated carbocycles. The Morgan fingerprint density at radius 1 is 1.44 bits per heavy atom. The molecule has 0 heterocycles. The SMILES string of the molecule is Cl.N.O.O=[N+]([O-])O.[Ca+2].[Mg+2]. The van der Waals surface area contributed by atoms with Crippen molar-refractivity contribution in [2.75, 3.05) is 0 Å². The van der Waals surface area contributed by atoms with Gasteiger partial charge in [0.05, 0.1) is 0 Å². The Labute approximate surface area is 104 Å². The normalized spacial score (nSPS) is 2.67. The Hall–Kier alpha value is 1.44. The van der Waals surface area contributed by atoms with Crippen LogP contribution in [0.15, 0.2) is 0 Å². The summed E-state index contributed by atoms with van der Waals surface area (Å²) in [5.41, 5.74) is 0. The van der Waals surface area contributed by atoms with Gasteiger partial charge in [0.1, 0.15) is 0 Å². The second kappa shape index (κ2) is 34.1. The molecule has 0 aromatic carbocycles. The van der Waals surface area contributed by atoms with E-state index < -0.39 is 5.09 Å². The van der Waals surface area contributed by atoms with E-state index in [1.807, 2.05) is 0 Å². The van der Waals surface area contributed by atoms with Crippen LogP contribution < -0.4 is 6.15 Å². The van der Waals surface area contributed by atoms with Gasteiger partial charge in [-0.25, -0.2) is 0 Å². The van der Waals surface area contributed by atoms with Gasteiger partial charge in [-0.05, 0) is 0 Å². The molecular weight excluding hydrogens is 192 g/mol. The first kappa shape index (κ1) is 47.2. The largest absolute Gasteiger partial charge is 2.00 e. The van der Waals surface area contributed by atoms with Crippen LogP contribution in [0.3, 0.4) is 0 Å². The molecule has 0 aliphatic heterocycles. The molecule has 0 aromatic heterocycles. The van der Waals surface area contributed by atoms with E-state index in [-0.39, 0.29) is 84.8 Å². The van der Waals surface area contributed by atoms with Crippen molar-refractivity contribution in [3.8, 4) is 0 Å². The summed E-state index contributed by atoms with van der Waals surface area (Å²) in [5, 5.41) is 13.6. The number of hydrogen-bond donors (Lipinski definition) is 2. The number of nitrogens with zero attached hydrogens (tertiary/aromatic N) is 1. The van der Waals surface area contributed by atoms with Crippen molar-refractivity contribution in [2.24, 2.45) is 0 Å². The van der Waals surface area contributed by atoms with Gasteiger partial charge >= 0.3 is 60.8 Å². The fourth-order valence-electron chi connectivity index (χ4n) is 0. The summed E-state index contributed by atoms with van der Waals surface area (Å²) in [4.78, 5) is 8.36. The molecule has 0 rings (SSSR count). The molecular formula is H7CaClMgN2O4+4. The van der Waals surface area contributed by atoms with Crippen LogP contribution in [-0.2, 0) is 0 Å². The molecule has 6 nitrogen and oxygen atoms in total. The Morgan fingerprint density at radius 2 is 1.44 bits per heavy atom. The van der Waals surface area contributed by atoms with Gasteiger partial charge in [-0.1, -0.05) is 0 Å². The molecule has 0 saturated heterocycles. The maximum absolute atomic E-state index is 8.36. The van der Waals surface area contributed by atoms with Crippen molar-refractivity contribution in [3.63, 3.8) is 0 Å². The average molecular weight is 199 g/mol.